The predicted octanol–water partition coefficient (Wildman–Crippen LogP) is 5.86. The van der Waals surface area contributed by atoms with Gasteiger partial charge in [0.25, 0.3) is 0 Å². The van der Waals surface area contributed by atoms with Crippen LogP contribution >= 0.6 is 11.8 Å². The van der Waals surface area contributed by atoms with Crippen molar-refractivity contribution in [3.05, 3.63) is 35.4 Å². The zero-order valence-corrected chi connectivity index (χ0v) is 18.2. The molecule has 0 radical (unpaired) electrons. The standard InChI is InChI=1S/C22H30O4S/c1-21(2,3)15-9-13(11-17(25-7)19(15)23)27-14-10-16(22(4,5)6)20(24)18(12-14)26-8/h9-12,23-24H,1-8H3. The van der Waals surface area contributed by atoms with Crippen LogP contribution in [0, 0.1) is 0 Å². The molecule has 5 heteroatoms. The molecule has 0 aliphatic carbocycles. The summed E-state index contributed by atoms with van der Waals surface area (Å²) in [6, 6.07) is 7.62. The highest BCUT2D eigenvalue weighted by atomic mass is 32.2. The molecule has 0 saturated heterocycles. The summed E-state index contributed by atoms with van der Waals surface area (Å²) in [7, 11) is 3.11. The van der Waals surface area contributed by atoms with Crippen molar-refractivity contribution in [2.75, 3.05) is 14.2 Å². The highest BCUT2D eigenvalue weighted by Crippen LogP contribution is 2.45. The van der Waals surface area contributed by atoms with Gasteiger partial charge in [0.2, 0.25) is 0 Å². The molecule has 2 N–H and O–H groups in total. The first kappa shape index (κ1) is 21.3. The first-order chi connectivity index (χ1) is 12.4. The summed E-state index contributed by atoms with van der Waals surface area (Å²) in [5.41, 5.74) is 1.20. The molecular formula is C22H30O4S. The lowest BCUT2D eigenvalue weighted by Gasteiger charge is -2.24. The Hall–Kier alpha value is -2.01. The van der Waals surface area contributed by atoms with Crippen LogP contribution in [0.25, 0.3) is 0 Å². The van der Waals surface area contributed by atoms with Crippen LogP contribution in [0.1, 0.15) is 52.7 Å². The van der Waals surface area contributed by atoms with Crippen molar-refractivity contribution >= 4 is 11.8 Å². The van der Waals surface area contributed by atoms with Crippen molar-refractivity contribution in [1.29, 1.82) is 0 Å². The molecule has 0 fully saturated rings. The van der Waals surface area contributed by atoms with Gasteiger partial charge in [0.1, 0.15) is 0 Å². The van der Waals surface area contributed by atoms with Gasteiger partial charge in [-0.2, -0.15) is 0 Å². The van der Waals surface area contributed by atoms with E-state index in [9.17, 15) is 10.2 Å². The first-order valence-electron chi connectivity index (χ1n) is 8.89. The number of rotatable bonds is 4. The Bertz CT molecular complexity index is 760. The maximum atomic E-state index is 10.5. The van der Waals surface area contributed by atoms with Gasteiger partial charge >= 0.3 is 0 Å². The van der Waals surface area contributed by atoms with E-state index in [0.717, 1.165) is 20.9 Å². The molecule has 4 nitrogen and oxygen atoms in total. The maximum Gasteiger partial charge on any atom is 0.161 e. The zero-order chi connectivity index (χ0) is 20.6. The quantitative estimate of drug-likeness (QED) is 0.684. The zero-order valence-electron chi connectivity index (χ0n) is 17.4. The Morgan fingerprint density at radius 2 is 1.00 bits per heavy atom. The molecule has 0 aliphatic rings. The van der Waals surface area contributed by atoms with E-state index in [-0.39, 0.29) is 22.3 Å². The Kier molecular flexibility index (Phi) is 5.95. The topological polar surface area (TPSA) is 58.9 Å². The van der Waals surface area contributed by atoms with E-state index in [1.807, 2.05) is 24.3 Å². The average Bonchev–Trinajstić information content (AvgIpc) is 2.55. The number of ether oxygens (including phenoxy) is 2. The largest absolute Gasteiger partial charge is 0.504 e. The van der Waals surface area contributed by atoms with Gasteiger partial charge in [0.05, 0.1) is 14.2 Å². The molecule has 0 atom stereocenters. The summed E-state index contributed by atoms with van der Waals surface area (Å²) in [6.45, 7) is 12.3. The molecule has 27 heavy (non-hydrogen) atoms. The minimum atomic E-state index is -0.225. The maximum absolute atomic E-state index is 10.5. The lowest BCUT2D eigenvalue weighted by molar-refractivity contribution is 0.362. The number of methoxy groups -OCH3 is 2. The summed E-state index contributed by atoms with van der Waals surface area (Å²) in [6.07, 6.45) is 0. The van der Waals surface area contributed by atoms with Gasteiger partial charge in [-0.25, -0.2) is 0 Å². The first-order valence-corrected chi connectivity index (χ1v) is 9.71. The van der Waals surface area contributed by atoms with Gasteiger partial charge in [-0.05, 0) is 35.1 Å². The number of phenols is 2. The summed E-state index contributed by atoms with van der Waals surface area (Å²) in [5, 5.41) is 21.0. The fraction of sp³-hybridized carbons (Fsp3) is 0.455. The SMILES string of the molecule is COc1cc(Sc2cc(OC)c(O)c(C(C)(C)C)c2)cc(C(C)(C)C)c1O. The van der Waals surface area contributed by atoms with Crippen LogP contribution in [0.5, 0.6) is 23.0 Å². The third-order valence-electron chi connectivity index (χ3n) is 4.39. The van der Waals surface area contributed by atoms with Crippen LogP contribution in [0.3, 0.4) is 0 Å². The molecule has 2 aromatic rings. The van der Waals surface area contributed by atoms with E-state index >= 15 is 0 Å². The second-order valence-electron chi connectivity index (χ2n) is 8.65. The highest BCUT2D eigenvalue weighted by Gasteiger charge is 2.24. The Morgan fingerprint density at radius 1 is 0.667 bits per heavy atom. The number of benzene rings is 2. The third kappa shape index (κ3) is 4.64. The van der Waals surface area contributed by atoms with E-state index in [0.29, 0.717) is 11.5 Å². The molecule has 0 aliphatic heterocycles. The van der Waals surface area contributed by atoms with Crippen LogP contribution in [0.4, 0.5) is 0 Å². The van der Waals surface area contributed by atoms with Gasteiger partial charge in [0, 0.05) is 20.9 Å². The van der Waals surface area contributed by atoms with Gasteiger partial charge in [-0.3, -0.25) is 0 Å². The van der Waals surface area contributed by atoms with E-state index in [1.54, 1.807) is 26.0 Å². The van der Waals surface area contributed by atoms with Crippen molar-refractivity contribution in [1.82, 2.24) is 0 Å². The highest BCUT2D eigenvalue weighted by molar-refractivity contribution is 7.99. The summed E-state index contributed by atoms with van der Waals surface area (Å²) in [5.74, 6) is 1.25. The number of phenolic OH excluding ortho intramolecular Hbond substituents is 2. The molecule has 0 aromatic heterocycles. The molecular weight excluding hydrogens is 360 g/mol. The van der Waals surface area contributed by atoms with Crippen LogP contribution in [0.2, 0.25) is 0 Å². The molecule has 0 heterocycles. The second kappa shape index (κ2) is 7.55. The molecule has 0 saturated carbocycles. The average molecular weight is 391 g/mol. The molecule has 148 valence electrons. The number of aromatic hydroxyl groups is 2. The van der Waals surface area contributed by atoms with Gasteiger partial charge < -0.3 is 19.7 Å². The Balaban J connectivity index is 2.57. The predicted molar refractivity (Wildman–Crippen MR) is 111 cm³/mol. The van der Waals surface area contributed by atoms with Gasteiger partial charge in [-0.15, -0.1) is 0 Å². The monoisotopic (exact) mass is 390 g/mol. The second-order valence-corrected chi connectivity index (χ2v) is 9.79. The number of hydrogen-bond acceptors (Lipinski definition) is 5. The van der Waals surface area contributed by atoms with Crippen LogP contribution in [-0.2, 0) is 10.8 Å². The Morgan fingerprint density at radius 3 is 1.26 bits per heavy atom. The summed E-state index contributed by atoms with van der Waals surface area (Å²) in [4.78, 5) is 1.89. The minimum Gasteiger partial charge on any atom is -0.504 e. The molecule has 0 spiro atoms. The van der Waals surface area contributed by atoms with Gasteiger partial charge in [0.15, 0.2) is 23.0 Å². The summed E-state index contributed by atoms with van der Waals surface area (Å²) >= 11 is 1.54. The fourth-order valence-corrected chi connectivity index (χ4v) is 3.83. The number of hydrogen-bond donors (Lipinski definition) is 2. The van der Waals surface area contributed by atoms with Crippen molar-refractivity contribution in [3.63, 3.8) is 0 Å². The van der Waals surface area contributed by atoms with E-state index in [4.69, 9.17) is 9.47 Å². The van der Waals surface area contributed by atoms with Gasteiger partial charge in [-0.1, -0.05) is 53.3 Å². The van der Waals surface area contributed by atoms with Crippen molar-refractivity contribution in [2.45, 2.75) is 62.2 Å². The normalized spacial score (nSPS) is 12.1. The van der Waals surface area contributed by atoms with E-state index in [1.165, 1.54) is 0 Å². The van der Waals surface area contributed by atoms with Crippen LogP contribution in [-0.4, -0.2) is 24.4 Å². The molecule has 0 bridgehead atoms. The summed E-state index contributed by atoms with van der Waals surface area (Å²) < 4.78 is 10.7. The smallest absolute Gasteiger partial charge is 0.161 e. The molecule has 0 amide bonds. The van der Waals surface area contributed by atoms with E-state index in [2.05, 4.69) is 41.5 Å². The fourth-order valence-electron chi connectivity index (χ4n) is 2.87. The minimum absolute atomic E-state index is 0.174. The van der Waals surface area contributed by atoms with Crippen molar-refractivity contribution < 1.29 is 19.7 Å². The van der Waals surface area contributed by atoms with Crippen LogP contribution in [0.15, 0.2) is 34.1 Å². The molecule has 2 aromatic carbocycles. The molecule has 2 rings (SSSR count). The third-order valence-corrected chi connectivity index (χ3v) is 5.33. The van der Waals surface area contributed by atoms with Crippen molar-refractivity contribution in [3.8, 4) is 23.0 Å². The van der Waals surface area contributed by atoms with Crippen molar-refractivity contribution in [2.24, 2.45) is 0 Å². The van der Waals surface area contributed by atoms with E-state index < -0.39 is 0 Å². The lowest BCUT2D eigenvalue weighted by Crippen LogP contribution is -2.12. The molecule has 0 unspecified atom stereocenters. The Labute approximate surface area is 166 Å². The lowest BCUT2D eigenvalue weighted by atomic mass is 9.86. The van der Waals surface area contributed by atoms with Crippen LogP contribution < -0.4 is 9.47 Å².